The van der Waals surface area contributed by atoms with Crippen LogP contribution in [0.1, 0.15) is 0 Å². The molecule has 3 nitrogen and oxygen atoms in total. The van der Waals surface area contributed by atoms with Crippen LogP contribution in [0.4, 0.5) is 9.18 Å². The SMILES string of the molecule is O=C([O-])F.c1cc[nH+]cc1. The number of pyridine rings is 1. The first-order valence-electron chi connectivity index (χ1n) is 2.51. The molecule has 1 rings (SSSR count). The van der Waals surface area contributed by atoms with Crippen LogP contribution in [0.15, 0.2) is 30.6 Å². The van der Waals surface area contributed by atoms with Gasteiger partial charge in [-0.1, -0.05) is 6.07 Å². The van der Waals surface area contributed by atoms with Crippen LogP contribution in [-0.4, -0.2) is 6.22 Å². The fourth-order valence-corrected chi connectivity index (χ4v) is 0.342. The summed E-state index contributed by atoms with van der Waals surface area (Å²) in [4.78, 5) is 11.1. The van der Waals surface area contributed by atoms with E-state index in [0.29, 0.717) is 0 Å². The van der Waals surface area contributed by atoms with E-state index in [9.17, 15) is 4.39 Å². The molecule has 1 N–H and O–H groups in total. The second kappa shape index (κ2) is 5.68. The average molecular weight is 143 g/mol. The minimum Gasteiger partial charge on any atom is -0.520 e. The summed E-state index contributed by atoms with van der Waals surface area (Å²) in [6.07, 6.45) is 1.17. The molecule has 0 unspecified atom stereocenters. The van der Waals surface area contributed by atoms with Gasteiger partial charge in [-0.15, -0.1) is 0 Å². The first-order chi connectivity index (χ1) is 4.73. The Hall–Kier alpha value is -1.45. The molecule has 0 radical (unpaired) electrons. The van der Waals surface area contributed by atoms with Gasteiger partial charge in [0, 0.05) is 12.1 Å². The summed E-state index contributed by atoms with van der Waals surface area (Å²) in [6.45, 7) is 0. The second-order valence-corrected chi connectivity index (χ2v) is 1.31. The lowest BCUT2D eigenvalue weighted by Crippen LogP contribution is -2.12. The van der Waals surface area contributed by atoms with Crippen molar-refractivity contribution in [3.8, 4) is 0 Å². The molecule has 54 valence electrons. The molecule has 0 saturated carbocycles. The molecule has 10 heavy (non-hydrogen) atoms. The molecule has 0 aliphatic rings. The summed E-state index contributed by atoms with van der Waals surface area (Å²) >= 11 is 0. The number of aromatic nitrogens is 1. The van der Waals surface area contributed by atoms with Crippen LogP contribution in [0.25, 0.3) is 0 Å². The Morgan fingerprint density at radius 1 is 1.30 bits per heavy atom. The minimum atomic E-state index is -2.58. The van der Waals surface area contributed by atoms with Crippen molar-refractivity contribution in [3.05, 3.63) is 30.6 Å². The quantitative estimate of drug-likeness (QED) is 0.472. The predicted molar refractivity (Wildman–Crippen MR) is 29.5 cm³/mol. The molecule has 0 aliphatic heterocycles. The van der Waals surface area contributed by atoms with E-state index in [1.54, 1.807) is 0 Å². The Kier molecular flexibility index (Phi) is 4.86. The van der Waals surface area contributed by atoms with Crippen LogP contribution in [0.3, 0.4) is 0 Å². The van der Waals surface area contributed by atoms with Crippen molar-refractivity contribution >= 4 is 6.22 Å². The summed E-state index contributed by atoms with van der Waals surface area (Å²) in [5, 5.41) is 8.22. The molecule has 0 fully saturated rings. The molecule has 0 amide bonds. The van der Waals surface area contributed by atoms with E-state index in [2.05, 4.69) is 4.98 Å². The summed E-state index contributed by atoms with van der Waals surface area (Å²) < 4.78 is 9.81. The third-order valence-electron chi connectivity index (χ3n) is 0.607. The van der Waals surface area contributed by atoms with Gasteiger partial charge in [0.15, 0.2) is 12.4 Å². The van der Waals surface area contributed by atoms with Gasteiger partial charge in [0.1, 0.15) is 0 Å². The highest BCUT2D eigenvalue weighted by Crippen LogP contribution is 1.68. The lowest BCUT2D eigenvalue weighted by Gasteiger charge is -1.70. The number of halogens is 1. The first-order valence-corrected chi connectivity index (χ1v) is 2.51. The molecule has 0 spiro atoms. The number of aromatic amines is 1. The number of H-pyrrole nitrogens is 1. The summed E-state index contributed by atoms with van der Waals surface area (Å²) in [6, 6.07) is 5.86. The Bertz CT molecular complexity index is 148. The molecule has 4 heteroatoms. The number of hydrogen-bond acceptors (Lipinski definition) is 2. The molecule has 1 heterocycles. The molecular weight excluding hydrogens is 137 g/mol. The highest BCUT2D eigenvalue weighted by Gasteiger charge is 1.65. The van der Waals surface area contributed by atoms with E-state index in [4.69, 9.17) is 9.90 Å². The highest BCUT2D eigenvalue weighted by molar-refractivity contribution is 5.51. The van der Waals surface area contributed by atoms with Crippen molar-refractivity contribution in [1.82, 2.24) is 0 Å². The van der Waals surface area contributed by atoms with Crippen molar-refractivity contribution in [2.75, 3.05) is 0 Å². The van der Waals surface area contributed by atoms with Gasteiger partial charge in [0.25, 0.3) is 0 Å². The van der Waals surface area contributed by atoms with Gasteiger partial charge in [0.2, 0.25) is 6.22 Å². The fraction of sp³-hybridized carbons (Fsp3) is 0. The van der Waals surface area contributed by atoms with E-state index < -0.39 is 6.22 Å². The molecule has 0 aliphatic carbocycles. The van der Waals surface area contributed by atoms with Gasteiger partial charge in [-0.3, -0.25) is 0 Å². The van der Waals surface area contributed by atoms with Crippen LogP contribution in [0, 0.1) is 0 Å². The van der Waals surface area contributed by atoms with Crippen LogP contribution in [0.2, 0.25) is 0 Å². The zero-order chi connectivity index (χ0) is 7.82. The minimum absolute atomic E-state index is 1.88. The fourth-order valence-electron chi connectivity index (χ4n) is 0.342. The molecular formula is C6H6FNO2. The first kappa shape index (κ1) is 8.55. The largest absolute Gasteiger partial charge is 0.520 e. The van der Waals surface area contributed by atoms with Crippen molar-refractivity contribution in [2.24, 2.45) is 0 Å². The number of carbonyl (C=O) groups is 1. The number of carboxylic acid groups (broad SMARTS) is 1. The maximum atomic E-state index is 9.81. The Balaban J connectivity index is 0.000000180. The van der Waals surface area contributed by atoms with Crippen LogP contribution >= 0.6 is 0 Å². The third kappa shape index (κ3) is 9.75. The number of rotatable bonds is 0. The van der Waals surface area contributed by atoms with Crippen LogP contribution < -0.4 is 10.1 Å². The number of hydrogen-bond donors (Lipinski definition) is 0. The van der Waals surface area contributed by atoms with Gasteiger partial charge in [-0.25, -0.2) is 4.98 Å². The Labute approximate surface area is 57.1 Å². The lowest BCUT2D eigenvalue weighted by atomic mass is 10.5. The normalized spacial score (nSPS) is 7.30. The van der Waals surface area contributed by atoms with Gasteiger partial charge in [0.05, 0.1) is 0 Å². The number of nitrogens with one attached hydrogen (secondary N) is 1. The molecule has 1 aromatic heterocycles. The molecule has 0 aromatic carbocycles. The van der Waals surface area contributed by atoms with Crippen LogP contribution in [-0.2, 0) is 0 Å². The van der Waals surface area contributed by atoms with Crippen LogP contribution in [0.5, 0.6) is 0 Å². The Morgan fingerprint density at radius 2 is 1.70 bits per heavy atom. The maximum Gasteiger partial charge on any atom is 0.228 e. The van der Waals surface area contributed by atoms with Gasteiger partial charge >= 0.3 is 0 Å². The topological polar surface area (TPSA) is 54.3 Å². The monoisotopic (exact) mass is 143 g/mol. The smallest absolute Gasteiger partial charge is 0.228 e. The van der Waals surface area contributed by atoms with E-state index in [1.165, 1.54) is 0 Å². The third-order valence-corrected chi connectivity index (χ3v) is 0.607. The van der Waals surface area contributed by atoms with Gasteiger partial charge in [-0.05, 0) is 0 Å². The maximum absolute atomic E-state index is 9.81. The van der Waals surface area contributed by atoms with E-state index in [-0.39, 0.29) is 0 Å². The van der Waals surface area contributed by atoms with Crippen molar-refractivity contribution in [2.45, 2.75) is 0 Å². The van der Waals surface area contributed by atoms with E-state index >= 15 is 0 Å². The van der Waals surface area contributed by atoms with Crippen molar-refractivity contribution in [3.63, 3.8) is 0 Å². The number of carbonyl (C=O) groups excluding carboxylic acids is 1. The van der Waals surface area contributed by atoms with Gasteiger partial charge in [-0.2, -0.15) is 4.39 Å². The molecule has 1 aromatic rings. The lowest BCUT2D eigenvalue weighted by molar-refractivity contribution is -0.377. The average Bonchev–Trinajstić information content (AvgIpc) is 1.90. The molecule has 0 saturated heterocycles. The van der Waals surface area contributed by atoms with Gasteiger partial charge < -0.3 is 9.90 Å². The summed E-state index contributed by atoms with van der Waals surface area (Å²) in [7, 11) is 0. The predicted octanol–water partition coefficient (Wildman–Crippen LogP) is -0.200. The van der Waals surface area contributed by atoms with Crippen molar-refractivity contribution in [1.29, 1.82) is 0 Å². The molecule has 0 bridgehead atoms. The standard InChI is InChI=1S/C5H5N.CHFO2/c1-2-4-6-5-3-1;2-1(3)4/h1-5H;(H,3,4). The molecule has 0 atom stereocenters. The van der Waals surface area contributed by atoms with E-state index in [1.807, 2.05) is 30.6 Å². The Morgan fingerprint density at radius 3 is 1.80 bits per heavy atom. The zero-order valence-corrected chi connectivity index (χ0v) is 5.08. The summed E-state index contributed by atoms with van der Waals surface area (Å²) in [5.74, 6) is 0. The summed E-state index contributed by atoms with van der Waals surface area (Å²) in [5.41, 5.74) is 0. The van der Waals surface area contributed by atoms with E-state index in [0.717, 1.165) is 0 Å². The highest BCUT2D eigenvalue weighted by atomic mass is 19.1. The van der Waals surface area contributed by atoms with Crippen molar-refractivity contribution < 1.29 is 19.3 Å². The zero-order valence-electron chi connectivity index (χ0n) is 5.08. The second-order valence-electron chi connectivity index (χ2n) is 1.31.